The lowest BCUT2D eigenvalue weighted by molar-refractivity contribution is -0.141. The summed E-state index contributed by atoms with van der Waals surface area (Å²) in [7, 11) is 0. The Kier molecular flexibility index (Phi) is 5.25. The van der Waals surface area contributed by atoms with Crippen LogP contribution in [0.2, 0.25) is 0 Å². The van der Waals surface area contributed by atoms with Gasteiger partial charge in [0.15, 0.2) is 0 Å². The molecule has 0 aliphatic heterocycles. The van der Waals surface area contributed by atoms with Crippen molar-refractivity contribution in [2.24, 2.45) is 5.92 Å². The Balaban J connectivity index is 2.90. The molecule has 0 spiro atoms. The number of unbranched alkanes of at least 4 members (excludes halogenated alkanes) is 1. The molecule has 1 N–H and O–H groups in total. The quantitative estimate of drug-likeness (QED) is 0.843. The van der Waals surface area contributed by atoms with Crippen LogP contribution in [0.3, 0.4) is 0 Å². The minimum absolute atomic E-state index is 0.396. The molecule has 1 unspecified atom stereocenters. The molecule has 1 atom stereocenters. The Bertz CT molecular complexity index is 407. The molecule has 1 aromatic rings. The van der Waals surface area contributed by atoms with Gasteiger partial charge in [-0.25, -0.2) is 9.97 Å². The van der Waals surface area contributed by atoms with Crippen LogP contribution in [0, 0.1) is 19.8 Å². The second kappa shape index (κ2) is 6.47. The fraction of sp³-hybridized carbons (Fsp3) is 0.643. The SMILES string of the molecule is CCCCc1nc(C)c(CC(C)C(=O)O)c(C)n1. The molecule has 0 radical (unpaired) electrons. The predicted molar refractivity (Wildman–Crippen MR) is 70.6 cm³/mol. The van der Waals surface area contributed by atoms with E-state index in [4.69, 9.17) is 5.11 Å². The Morgan fingerprint density at radius 3 is 2.28 bits per heavy atom. The molecule has 0 aliphatic rings. The van der Waals surface area contributed by atoms with E-state index in [1.54, 1.807) is 6.92 Å². The smallest absolute Gasteiger partial charge is 0.306 e. The van der Waals surface area contributed by atoms with Gasteiger partial charge in [0.2, 0.25) is 0 Å². The zero-order chi connectivity index (χ0) is 13.7. The van der Waals surface area contributed by atoms with E-state index in [2.05, 4.69) is 16.9 Å². The number of carbonyl (C=O) groups is 1. The molecule has 4 nitrogen and oxygen atoms in total. The summed E-state index contributed by atoms with van der Waals surface area (Å²) in [5, 5.41) is 8.96. The van der Waals surface area contributed by atoms with Gasteiger partial charge >= 0.3 is 5.97 Å². The Morgan fingerprint density at radius 1 is 1.28 bits per heavy atom. The lowest BCUT2D eigenvalue weighted by atomic mass is 9.99. The molecule has 0 saturated carbocycles. The van der Waals surface area contributed by atoms with E-state index in [-0.39, 0.29) is 0 Å². The van der Waals surface area contributed by atoms with Crippen LogP contribution in [0.4, 0.5) is 0 Å². The van der Waals surface area contributed by atoms with Crippen molar-refractivity contribution in [1.29, 1.82) is 0 Å². The fourth-order valence-corrected chi connectivity index (χ4v) is 1.94. The summed E-state index contributed by atoms with van der Waals surface area (Å²) in [4.78, 5) is 19.9. The third kappa shape index (κ3) is 3.79. The highest BCUT2D eigenvalue weighted by Crippen LogP contribution is 2.16. The monoisotopic (exact) mass is 250 g/mol. The van der Waals surface area contributed by atoms with E-state index in [1.165, 1.54) is 0 Å². The summed E-state index contributed by atoms with van der Waals surface area (Å²) in [5.41, 5.74) is 2.81. The topological polar surface area (TPSA) is 63.1 Å². The molecule has 0 aliphatic carbocycles. The summed E-state index contributed by atoms with van der Waals surface area (Å²) >= 11 is 0. The van der Waals surface area contributed by atoms with E-state index in [0.29, 0.717) is 6.42 Å². The summed E-state index contributed by atoms with van der Waals surface area (Å²) < 4.78 is 0. The number of hydrogen-bond acceptors (Lipinski definition) is 3. The molecular weight excluding hydrogens is 228 g/mol. The maximum atomic E-state index is 10.9. The van der Waals surface area contributed by atoms with Gasteiger partial charge in [0, 0.05) is 17.8 Å². The van der Waals surface area contributed by atoms with Gasteiger partial charge < -0.3 is 5.11 Å². The van der Waals surface area contributed by atoms with Gasteiger partial charge in [-0.3, -0.25) is 4.79 Å². The van der Waals surface area contributed by atoms with E-state index < -0.39 is 11.9 Å². The number of nitrogens with zero attached hydrogens (tertiary/aromatic N) is 2. The van der Waals surface area contributed by atoms with Crippen LogP contribution >= 0.6 is 0 Å². The third-order valence-electron chi connectivity index (χ3n) is 3.15. The molecule has 1 heterocycles. The van der Waals surface area contributed by atoms with E-state index in [0.717, 1.165) is 42.0 Å². The van der Waals surface area contributed by atoms with Gasteiger partial charge in [-0.1, -0.05) is 20.3 Å². The zero-order valence-electron chi connectivity index (χ0n) is 11.7. The van der Waals surface area contributed by atoms with Gasteiger partial charge in [0.05, 0.1) is 5.92 Å². The van der Waals surface area contributed by atoms with Gasteiger partial charge in [-0.15, -0.1) is 0 Å². The van der Waals surface area contributed by atoms with Crippen LogP contribution in [0.25, 0.3) is 0 Å². The number of rotatable bonds is 6. The maximum absolute atomic E-state index is 10.9. The van der Waals surface area contributed by atoms with Gasteiger partial charge in [-0.05, 0) is 32.3 Å². The molecule has 1 aromatic heterocycles. The minimum Gasteiger partial charge on any atom is -0.481 e. The molecular formula is C14H22N2O2. The standard InChI is InChI=1S/C14H22N2O2/c1-5-6-7-13-15-10(3)12(11(4)16-13)8-9(2)14(17)18/h9H,5-8H2,1-4H3,(H,17,18). The second-order valence-electron chi connectivity index (χ2n) is 4.84. The normalized spacial score (nSPS) is 12.4. The maximum Gasteiger partial charge on any atom is 0.306 e. The number of carboxylic acid groups (broad SMARTS) is 1. The highest BCUT2D eigenvalue weighted by atomic mass is 16.4. The van der Waals surface area contributed by atoms with Gasteiger partial charge in [-0.2, -0.15) is 0 Å². The first-order valence-corrected chi connectivity index (χ1v) is 6.51. The van der Waals surface area contributed by atoms with Crippen LogP contribution in [-0.4, -0.2) is 21.0 Å². The minimum atomic E-state index is -0.774. The van der Waals surface area contributed by atoms with Crippen LogP contribution < -0.4 is 0 Å². The van der Waals surface area contributed by atoms with Crippen molar-refractivity contribution >= 4 is 5.97 Å². The van der Waals surface area contributed by atoms with Crippen molar-refractivity contribution in [3.63, 3.8) is 0 Å². The van der Waals surface area contributed by atoms with E-state index in [9.17, 15) is 4.79 Å². The lowest BCUT2D eigenvalue weighted by Gasteiger charge is -2.12. The van der Waals surface area contributed by atoms with Crippen molar-refractivity contribution in [3.8, 4) is 0 Å². The van der Waals surface area contributed by atoms with E-state index in [1.807, 2.05) is 13.8 Å². The van der Waals surface area contributed by atoms with Crippen LogP contribution in [0.5, 0.6) is 0 Å². The predicted octanol–water partition coefficient (Wildman–Crippen LogP) is 2.70. The number of hydrogen-bond donors (Lipinski definition) is 1. The highest BCUT2D eigenvalue weighted by Gasteiger charge is 2.16. The summed E-state index contributed by atoms with van der Waals surface area (Å²) in [5.74, 6) is -0.296. The zero-order valence-corrected chi connectivity index (χ0v) is 11.7. The molecule has 100 valence electrons. The van der Waals surface area contributed by atoms with Crippen LogP contribution in [0.15, 0.2) is 0 Å². The number of aliphatic carboxylic acids is 1. The van der Waals surface area contributed by atoms with Crippen molar-refractivity contribution in [2.75, 3.05) is 0 Å². The average molecular weight is 250 g/mol. The molecule has 18 heavy (non-hydrogen) atoms. The Morgan fingerprint density at radius 2 is 1.83 bits per heavy atom. The molecule has 1 rings (SSSR count). The molecule has 4 heteroatoms. The first-order chi connectivity index (χ1) is 8.45. The molecule has 0 amide bonds. The second-order valence-corrected chi connectivity index (χ2v) is 4.84. The fourth-order valence-electron chi connectivity index (χ4n) is 1.94. The van der Waals surface area contributed by atoms with Crippen LogP contribution in [0.1, 0.15) is 49.5 Å². The van der Waals surface area contributed by atoms with Gasteiger partial charge in [0.1, 0.15) is 5.82 Å². The molecule has 0 aromatic carbocycles. The van der Waals surface area contributed by atoms with Gasteiger partial charge in [0.25, 0.3) is 0 Å². The van der Waals surface area contributed by atoms with Crippen molar-refractivity contribution < 1.29 is 9.90 Å². The van der Waals surface area contributed by atoms with Crippen LogP contribution in [-0.2, 0) is 17.6 Å². The molecule has 0 fully saturated rings. The third-order valence-corrected chi connectivity index (χ3v) is 3.15. The largest absolute Gasteiger partial charge is 0.481 e. The lowest BCUT2D eigenvalue weighted by Crippen LogP contribution is -2.15. The van der Waals surface area contributed by atoms with E-state index >= 15 is 0 Å². The number of aromatic nitrogens is 2. The first kappa shape index (κ1) is 14.6. The Labute approximate surface area is 108 Å². The summed E-state index contributed by atoms with van der Waals surface area (Å²) in [6, 6.07) is 0. The number of carboxylic acids is 1. The first-order valence-electron chi connectivity index (χ1n) is 6.51. The van der Waals surface area contributed by atoms with Crippen molar-refractivity contribution in [3.05, 3.63) is 22.8 Å². The average Bonchev–Trinajstić information content (AvgIpc) is 2.30. The summed E-state index contributed by atoms with van der Waals surface area (Å²) in [6.45, 7) is 7.73. The molecule has 0 saturated heterocycles. The van der Waals surface area contributed by atoms with Crippen molar-refractivity contribution in [1.82, 2.24) is 9.97 Å². The van der Waals surface area contributed by atoms with Crippen molar-refractivity contribution in [2.45, 2.75) is 53.4 Å². The molecule has 0 bridgehead atoms. The highest BCUT2D eigenvalue weighted by molar-refractivity contribution is 5.70. The Hall–Kier alpha value is -1.45. The number of aryl methyl sites for hydroxylation is 3. The summed E-state index contributed by atoms with van der Waals surface area (Å²) in [6.07, 6.45) is 3.61.